The summed E-state index contributed by atoms with van der Waals surface area (Å²) >= 11 is 4.49. The number of esters is 1. The maximum absolute atomic E-state index is 12.5. The minimum absolute atomic E-state index is 0. The molecule has 0 aliphatic carbocycles. The summed E-state index contributed by atoms with van der Waals surface area (Å²) in [7, 11) is 1.59. The van der Waals surface area contributed by atoms with Crippen LogP contribution in [0, 0.1) is 0 Å². The molecule has 1 aromatic heterocycles. The molecule has 2 amide bonds. The van der Waals surface area contributed by atoms with Crippen LogP contribution in [-0.2, 0) is 26.2 Å². The number of aliphatic carboxylic acids is 1. The fourth-order valence-electron chi connectivity index (χ4n) is 2.85. The van der Waals surface area contributed by atoms with Crippen LogP contribution in [0.25, 0.3) is 0 Å². The van der Waals surface area contributed by atoms with E-state index in [0.717, 1.165) is 4.90 Å². The van der Waals surface area contributed by atoms with Gasteiger partial charge < -0.3 is 20.0 Å². The SMILES string of the molecule is CC(=O)OCC1=C(C(=O)[O-])N2C(=O)C(NC(=O)c3c(Br)cnn3C)C2SC1.[Na+]. The third-order valence-electron chi connectivity index (χ3n) is 4.09. The maximum atomic E-state index is 12.5. The zero-order valence-electron chi connectivity index (χ0n) is 15.2. The van der Waals surface area contributed by atoms with Gasteiger partial charge in [0.1, 0.15) is 23.7 Å². The first-order valence-electron chi connectivity index (χ1n) is 7.72. The zero-order chi connectivity index (χ0) is 19.9. The first-order valence-corrected chi connectivity index (χ1v) is 9.56. The van der Waals surface area contributed by atoms with Gasteiger partial charge in [-0.2, -0.15) is 5.10 Å². The Morgan fingerprint density at radius 2 is 2.14 bits per heavy atom. The number of nitrogens with one attached hydrogen (secondary N) is 1. The molecule has 28 heavy (non-hydrogen) atoms. The molecule has 2 unspecified atom stereocenters. The number of hydrogen-bond donors (Lipinski definition) is 1. The minimum atomic E-state index is -1.53. The van der Waals surface area contributed by atoms with Gasteiger partial charge in [-0.15, -0.1) is 11.8 Å². The van der Waals surface area contributed by atoms with Crippen LogP contribution in [-0.4, -0.2) is 62.2 Å². The van der Waals surface area contributed by atoms with Crippen molar-refractivity contribution in [1.29, 1.82) is 0 Å². The van der Waals surface area contributed by atoms with Gasteiger partial charge in [0.25, 0.3) is 11.8 Å². The molecule has 0 radical (unpaired) electrons. The van der Waals surface area contributed by atoms with E-state index < -0.39 is 35.2 Å². The number of aromatic nitrogens is 2. The van der Waals surface area contributed by atoms with Crippen LogP contribution >= 0.6 is 27.7 Å². The summed E-state index contributed by atoms with van der Waals surface area (Å²) < 4.78 is 6.68. The number of carbonyl (C=O) groups excluding carboxylic acids is 4. The van der Waals surface area contributed by atoms with Crippen molar-refractivity contribution in [3.8, 4) is 0 Å². The van der Waals surface area contributed by atoms with E-state index in [-0.39, 0.29) is 58.9 Å². The molecule has 144 valence electrons. The van der Waals surface area contributed by atoms with Gasteiger partial charge in [0, 0.05) is 25.3 Å². The third kappa shape index (κ3) is 4.15. The molecule has 13 heteroatoms. The number of thioether (sulfide) groups is 1. The summed E-state index contributed by atoms with van der Waals surface area (Å²) in [6.07, 6.45) is 1.46. The number of carboxylic acids is 1. The van der Waals surface area contributed by atoms with E-state index in [4.69, 9.17) is 4.74 Å². The molecule has 1 fully saturated rings. The topological polar surface area (TPSA) is 134 Å². The first-order chi connectivity index (χ1) is 12.7. The predicted molar refractivity (Wildman–Crippen MR) is 93.9 cm³/mol. The van der Waals surface area contributed by atoms with Gasteiger partial charge in [-0.1, -0.05) is 0 Å². The molecule has 2 aliphatic rings. The third-order valence-corrected chi connectivity index (χ3v) is 6.01. The van der Waals surface area contributed by atoms with Crippen LogP contribution in [0.15, 0.2) is 21.9 Å². The average molecular weight is 481 g/mol. The van der Waals surface area contributed by atoms with Gasteiger partial charge >= 0.3 is 35.5 Å². The number of fused-ring (bicyclic) bond motifs is 1. The van der Waals surface area contributed by atoms with E-state index in [0.29, 0.717) is 4.47 Å². The number of ether oxygens (including phenoxy) is 1. The van der Waals surface area contributed by atoms with Crippen molar-refractivity contribution < 1.29 is 58.6 Å². The van der Waals surface area contributed by atoms with Crippen molar-refractivity contribution >= 4 is 51.4 Å². The van der Waals surface area contributed by atoms with E-state index in [2.05, 4.69) is 26.3 Å². The van der Waals surface area contributed by atoms with Crippen LogP contribution in [0.1, 0.15) is 17.4 Å². The van der Waals surface area contributed by atoms with E-state index in [1.54, 1.807) is 7.05 Å². The smallest absolute Gasteiger partial charge is 0.543 e. The molecule has 2 aliphatic heterocycles. The van der Waals surface area contributed by atoms with Gasteiger partial charge in [-0.3, -0.25) is 24.0 Å². The zero-order valence-corrected chi connectivity index (χ0v) is 19.6. The molecule has 0 bridgehead atoms. The predicted octanol–water partition coefficient (Wildman–Crippen LogP) is -4.23. The second-order valence-electron chi connectivity index (χ2n) is 5.85. The average Bonchev–Trinajstić information content (AvgIpc) is 2.94. The minimum Gasteiger partial charge on any atom is -0.543 e. The number of halogens is 1. The van der Waals surface area contributed by atoms with Gasteiger partial charge in [0.15, 0.2) is 0 Å². The van der Waals surface area contributed by atoms with E-state index in [9.17, 15) is 24.3 Å². The van der Waals surface area contributed by atoms with Crippen LogP contribution in [0.4, 0.5) is 0 Å². The maximum Gasteiger partial charge on any atom is 1.00 e. The molecule has 1 aromatic rings. The Bertz CT molecular complexity index is 868. The van der Waals surface area contributed by atoms with Gasteiger partial charge in [0.05, 0.1) is 22.3 Å². The van der Waals surface area contributed by atoms with Crippen LogP contribution < -0.4 is 40.0 Å². The molecule has 10 nitrogen and oxygen atoms in total. The van der Waals surface area contributed by atoms with E-state index in [1.165, 1.54) is 29.6 Å². The molecule has 0 saturated carbocycles. The Morgan fingerprint density at radius 3 is 2.68 bits per heavy atom. The molecule has 1 saturated heterocycles. The molecule has 2 atom stereocenters. The summed E-state index contributed by atoms with van der Waals surface area (Å²) in [4.78, 5) is 48.5. The second kappa shape index (κ2) is 8.99. The van der Waals surface area contributed by atoms with Crippen LogP contribution in [0.2, 0.25) is 0 Å². The molecular formula is C15H14BrN4NaO6S. The number of aryl methyl sites for hydroxylation is 1. The van der Waals surface area contributed by atoms with Crippen molar-refractivity contribution in [1.82, 2.24) is 20.0 Å². The Morgan fingerprint density at radius 1 is 1.46 bits per heavy atom. The Labute approximate surface area is 194 Å². The molecule has 0 spiro atoms. The van der Waals surface area contributed by atoms with E-state index >= 15 is 0 Å². The number of amides is 2. The fraction of sp³-hybridized carbons (Fsp3) is 0.400. The summed E-state index contributed by atoms with van der Waals surface area (Å²) in [5.74, 6) is -2.94. The monoisotopic (exact) mass is 480 g/mol. The van der Waals surface area contributed by atoms with Crippen molar-refractivity contribution in [2.45, 2.75) is 18.3 Å². The van der Waals surface area contributed by atoms with Crippen molar-refractivity contribution in [2.24, 2.45) is 7.05 Å². The Balaban J connectivity index is 0.00000280. The standard InChI is InChI=1S/C15H15BrN4O6S.Na/c1-6(21)26-4-7-5-27-14-9(13(23)20(14)10(7)15(24)25)18-12(22)11-8(16)3-17-19(11)2;/h3,9,14H,4-5H2,1-2H3,(H,18,22)(H,24,25);/q;+1/p-1. The number of hydrogen-bond acceptors (Lipinski definition) is 8. The number of nitrogens with zero attached hydrogens (tertiary/aromatic N) is 3. The molecule has 1 N–H and O–H groups in total. The molecule has 3 rings (SSSR count). The van der Waals surface area contributed by atoms with Gasteiger partial charge in [-0.25, -0.2) is 0 Å². The molecular weight excluding hydrogens is 467 g/mol. The summed E-state index contributed by atoms with van der Waals surface area (Å²) in [5.41, 5.74) is 0.212. The van der Waals surface area contributed by atoms with Crippen LogP contribution in [0.5, 0.6) is 0 Å². The first kappa shape index (κ1) is 22.9. The van der Waals surface area contributed by atoms with Crippen LogP contribution in [0.3, 0.4) is 0 Å². The largest absolute Gasteiger partial charge is 1.00 e. The van der Waals surface area contributed by atoms with E-state index in [1.807, 2.05) is 0 Å². The quantitative estimate of drug-likeness (QED) is 0.254. The van der Waals surface area contributed by atoms with Gasteiger partial charge in [-0.05, 0) is 15.9 Å². The van der Waals surface area contributed by atoms with Crippen molar-refractivity contribution in [3.63, 3.8) is 0 Å². The summed E-state index contributed by atoms with van der Waals surface area (Å²) in [6.45, 7) is 0.968. The number of rotatable bonds is 5. The summed E-state index contributed by atoms with van der Waals surface area (Å²) in [6, 6.07) is -0.881. The normalized spacial score (nSPS) is 20.7. The Hall–Kier alpha value is -1.34. The molecule has 0 aromatic carbocycles. The summed E-state index contributed by atoms with van der Waals surface area (Å²) in [5, 5.41) is 17.5. The number of carbonyl (C=O) groups is 4. The van der Waals surface area contributed by atoms with Crippen molar-refractivity contribution in [3.05, 3.63) is 27.6 Å². The Kier molecular flexibility index (Phi) is 7.37. The van der Waals surface area contributed by atoms with Crippen molar-refractivity contribution in [2.75, 3.05) is 12.4 Å². The second-order valence-corrected chi connectivity index (χ2v) is 7.80. The molecule has 3 heterocycles. The number of carboxylic acid groups (broad SMARTS) is 1. The van der Waals surface area contributed by atoms with Gasteiger partial charge in [0.2, 0.25) is 0 Å². The fourth-order valence-corrected chi connectivity index (χ4v) is 4.70. The number of β-lactam (4-membered cyclic amide) rings is 1.